The molecular formula is C25H29BCl2N2. The number of benzene rings is 2. The summed E-state index contributed by atoms with van der Waals surface area (Å²) >= 11 is 13.0. The smallest absolute Gasteiger partial charge is 0.239 e. The van der Waals surface area contributed by atoms with Crippen molar-refractivity contribution in [3.05, 3.63) is 82.1 Å². The molecule has 0 N–H and O–H groups in total. The first kappa shape index (κ1) is 22.7. The summed E-state index contributed by atoms with van der Waals surface area (Å²) in [6.45, 7) is 3.26. The molecule has 30 heavy (non-hydrogen) atoms. The molecule has 3 aromatic rings. The van der Waals surface area contributed by atoms with E-state index in [2.05, 4.69) is 34.8 Å². The predicted molar refractivity (Wildman–Crippen MR) is 133 cm³/mol. The van der Waals surface area contributed by atoms with Crippen LogP contribution in [-0.2, 0) is 6.54 Å². The second-order valence-corrected chi connectivity index (χ2v) is 8.47. The highest BCUT2D eigenvalue weighted by molar-refractivity contribution is 6.73. The van der Waals surface area contributed by atoms with E-state index in [4.69, 9.17) is 23.2 Å². The monoisotopic (exact) mass is 438 g/mol. The molecule has 1 aromatic heterocycles. The van der Waals surface area contributed by atoms with Crippen LogP contribution in [0.1, 0.15) is 56.6 Å². The zero-order valence-electron chi connectivity index (χ0n) is 17.7. The highest BCUT2D eigenvalue weighted by Gasteiger charge is 2.14. The summed E-state index contributed by atoms with van der Waals surface area (Å²) in [6, 6.07) is 15.9. The van der Waals surface area contributed by atoms with Gasteiger partial charge in [-0.2, -0.15) is 0 Å². The second kappa shape index (κ2) is 12.0. The zero-order chi connectivity index (χ0) is 21.2. The third-order valence-electron chi connectivity index (χ3n) is 5.36. The molecule has 0 bridgehead atoms. The van der Waals surface area contributed by atoms with E-state index in [0.717, 1.165) is 38.9 Å². The van der Waals surface area contributed by atoms with Gasteiger partial charge in [0.05, 0.1) is 5.72 Å². The molecular weight excluding hydrogens is 410 g/mol. The van der Waals surface area contributed by atoms with E-state index in [1.807, 2.05) is 48.7 Å². The van der Waals surface area contributed by atoms with Crippen molar-refractivity contribution in [3.63, 3.8) is 0 Å². The van der Waals surface area contributed by atoms with Gasteiger partial charge in [-0.3, -0.25) is 4.98 Å². The number of rotatable bonds is 11. The number of aryl methyl sites for hydroxylation is 1. The van der Waals surface area contributed by atoms with Crippen LogP contribution < -0.4 is 5.72 Å². The Bertz CT molecular complexity index is 965. The van der Waals surface area contributed by atoms with Crippen LogP contribution in [0.5, 0.6) is 0 Å². The molecule has 5 heteroatoms. The number of halogens is 2. The molecule has 0 fully saturated rings. The number of aromatic nitrogens is 2. The fourth-order valence-corrected chi connectivity index (χ4v) is 4.12. The Labute approximate surface area is 191 Å². The van der Waals surface area contributed by atoms with E-state index >= 15 is 0 Å². The maximum atomic E-state index is 6.55. The number of imidazole rings is 1. The van der Waals surface area contributed by atoms with Crippen LogP contribution in [0.4, 0.5) is 0 Å². The number of hydrogen-bond donors (Lipinski definition) is 0. The predicted octanol–water partition coefficient (Wildman–Crippen LogP) is 6.81. The lowest BCUT2D eigenvalue weighted by Crippen LogP contribution is -2.27. The number of nitrogens with zero attached hydrogens (tertiary/aromatic N) is 2. The molecule has 0 radical (unpaired) electrons. The van der Waals surface area contributed by atoms with E-state index < -0.39 is 0 Å². The minimum absolute atomic E-state index is 0.706. The third kappa shape index (κ3) is 6.52. The van der Waals surface area contributed by atoms with Gasteiger partial charge >= 0.3 is 0 Å². The maximum absolute atomic E-state index is 6.55. The molecule has 0 saturated carbocycles. The third-order valence-corrected chi connectivity index (χ3v) is 6.03. The summed E-state index contributed by atoms with van der Waals surface area (Å²) in [6.07, 6.45) is 13.8. The Hall–Kier alpha value is -1.97. The fourth-order valence-electron chi connectivity index (χ4n) is 3.67. The summed E-state index contributed by atoms with van der Waals surface area (Å²) in [7, 11) is 0.706. The van der Waals surface area contributed by atoms with E-state index in [1.165, 1.54) is 38.5 Å². The Balaban J connectivity index is 1.79. The molecule has 0 spiro atoms. The summed E-state index contributed by atoms with van der Waals surface area (Å²) in [4.78, 5) is 4.65. The molecule has 0 saturated heterocycles. The van der Waals surface area contributed by atoms with Gasteiger partial charge in [0.25, 0.3) is 0 Å². The lowest BCUT2D eigenvalue weighted by atomic mass is 9.65. The molecule has 156 valence electrons. The summed E-state index contributed by atoms with van der Waals surface area (Å²) in [5, 5.41) is 1.47. The number of hydrogen-bond acceptors (Lipinski definition) is 1. The topological polar surface area (TPSA) is 17.8 Å². The molecule has 0 atom stereocenters. The molecule has 2 aromatic carbocycles. The zero-order valence-corrected chi connectivity index (χ0v) is 19.2. The molecule has 1 heterocycles. The van der Waals surface area contributed by atoms with Gasteiger partial charge in [-0.25, -0.2) is 0 Å². The normalized spacial score (nSPS) is 11.6. The van der Waals surface area contributed by atoms with Crippen molar-refractivity contribution in [1.29, 1.82) is 0 Å². The first-order chi connectivity index (χ1) is 14.7. The minimum atomic E-state index is 0.706. The van der Waals surface area contributed by atoms with Crippen LogP contribution >= 0.6 is 23.2 Å². The van der Waals surface area contributed by atoms with Gasteiger partial charge in [0.15, 0.2) is 0 Å². The van der Waals surface area contributed by atoms with Gasteiger partial charge in [-0.15, -0.1) is 0 Å². The minimum Gasteiger partial charge on any atom is -0.343 e. The molecule has 0 aliphatic rings. The summed E-state index contributed by atoms with van der Waals surface area (Å²) < 4.78 is 2.27. The van der Waals surface area contributed by atoms with Crippen molar-refractivity contribution >= 4 is 47.8 Å². The molecule has 0 aliphatic heterocycles. The van der Waals surface area contributed by atoms with Crippen molar-refractivity contribution < 1.29 is 0 Å². The van der Waals surface area contributed by atoms with Crippen molar-refractivity contribution in [2.24, 2.45) is 0 Å². The maximum Gasteiger partial charge on any atom is 0.239 e. The summed E-state index contributed by atoms with van der Waals surface area (Å²) in [5.74, 6) is 0. The van der Waals surface area contributed by atoms with E-state index in [0.29, 0.717) is 7.28 Å². The van der Waals surface area contributed by atoms with Crippen LogP contribution in [0.25, 0.3) is 11.5 Å². The summed E-state index contributed by atoms with van der Waals surface area (Å²) in [5.41, 5.74) is 4.18. The van der Waals surface area contributed by atoms with Gasteiger partial charge in [0, 0.05) is 29.0 Å². The van der Waals surface area contributed by atoms with E-state index in [9.17, 15) is 0 Å². The number of unbranched alkanes of at least 4 members (excludes halogenated alkanes) is 5. The lowest BCUT2D eigenvalue weighted by Gasteiger charge is -2.12. The van der Waals surface area contributed by atoms with Crippen LogP contribution in [-0.4, -0.2) is 16.8 Å². The molecule has 0 amide bonds. The Morgan fingerprint density at radius 2 is 1.63 bits per heavy atom. The SMILES string of the molecule is CCCCCCCCn1ccnc1BC(=Cc1ccccc1Cl)c1ccccc1Cl. The molecule has 0 aliphatic carbocycles. The highest BCUT2D eigenvalue weighted by atomic mass is 35.5. The fraction of sp³-hybridized carbons (Fsp3) is 0.320. The lowest BCUT2D eigenvalue weighted by molar-refractivity contribution is 0.563. The van der Waals surface area contributed by atoms with Gasteiger partial charge in [-0.05, 0) is 29.7 Å². The average Bonchev–Trinajstić information content (AvgIpc) is 3.19. The van der Waals surface area contributed by atoms with Crippen molar-refractivity contribution in [2.45, 2.75) is 52.0 Å². The van der Waals surface area contributed by atoms with Gasteiger partial charge in [0.1, 0.15) is 0 Å². The molecule has 0 unspecified atom stereocenters. The van der Waals surface area contributed by atoms with Crippen molar-refractivity contribution in [3.8, 4) is 0 Å². The van der Waals surface area contributed by atoms with Crippen LogP contribution in [0.2, 0.25) is 10.0 Å². The van der Waals surface area contributed by atoms with Crippen LogP contribution in [0.15, 0.2) is 60.9 Å². The Morgan fingerprint density at radius 1 is 0.933 bits per heavy atom. The van der Waals surface area contributed by atoms with Gasteiger partial charge in [-0.1, -0.05) is 110 Å². The largest absolute Gasteiger partial charge is 0.343 e. The quantitative estimate of drug-likeness (QED) is 0.182. The molecule has 2 nitrogen and oxygen atoms in total. The van der Waals surface area contributed by atoms with Gasteiger partial charge in [0.2, 0.25) is 7.28 Å². The van der Waals surface area contributed by atoms with E-state index in [1.54, 1.807) is 0 Å². The van der Waals surface area contributed by atoms with Gasteiger partial charge < -0.3 is 4.57 Å². The Morgan fingerprint density at radius 3 is 2.40 bits per heavy atom. The van der Waals surface area contributed by atoms with Crippen LogP contribution in [0.3, 0.4) is 0 Å². The van der Waals surface area contributed by atoms with Crippen molar-refractivity contribution in [1.82, 2.24) is 9.55 Å². The van der Waals surface area contributed by atoms with Crippen LogP contribution in [0, 0.1) is 0 Å². The first-order valence-electron chi connectivity index (χ1n) is 10.9. The average molecular weight is 439 g/mol. The highest BCUT2D eigenvalue weighted by Crippen LogP contribution is 2.27. The van der Waals surface area contributed by atoms with Crippen molar-refractivity contribution in [2.75, 3.05) is 0 Å². The standard InChI is InChI=1S/C25H29BCl2N2/c1-2-3-4-5-6-11-17-30-18-16-29-25(30)26-22(21-13-8-10-15-24(21)28)19-20-12-7-9-14-23(20)27/h7-10,12-16,18-19,26H,2-6,11,17H2,1H3. The first-order valence-corrected chi connectivity index (χ1v) is 11.6. The van der Waals surface area contributed by atoms with E-state index in [-0.39, 0.29) is 0 Å². The Kier molecular flexibility index (Phi) is 9.11. The molecule has 3 rings (SSSR count). The second-order valence-electron chi connectivity index (χ2n) is 7.65.